The summed E-state index contributed by atoms with van der Waals surface area (Å²) in [6.45, 7) is 7.27. The van der Waals surface area contributed by atoms with E-state index in [-0.39, 0.29) is 12.4 Å². The lowest BCUT2D eigenvalue weighted by Crippen LogP contribution is -1.99. The second-order valence-electron chi connectivity index (χ2n) is 2.12. The van der Waals surface area contributed by atoms with Crippen LogP contribution < -0.4 is 0 Å². The number of carboxylic acid groups (broad SMARTS) is 1. The maximum Gasteiger partial charge on any atom is 0.330 e. The molecule has 4 nitrogen and oxygen atoms in total. The zero-order chi connectivity index (χ0) is 10.7. The van der Waals surface area contributed by atoms with E-state index in [4.69, 9.17) is 5.11 Å². The molecule has 0 aliphatic heterocycles. The van der Waals surface area contributed by atoms with Crippen LogP contribution in [-0.4, -0.2) is 23.7 Å². The van der Waals surface area contributed by atoms with Crippen LogP contribution in [0.4, 0.5) is 0 Å². The molecule has 4 heteroatoms. The molecule has 76 valence electrons. The van der Waals surface area contributed by atoms with Crippen molar-refractivity contribution >= 4 is 11.9 Å². The number of carbonyl (C=O) groups excluding carboxylic acids is 1. The molecule has 0 aromatic heterocycles. The predicted octanol–water partition coefficient (Wildman–Crippen LogP) is 1.61. The fraction of sp³-hybridized carbons (Fsp3) is 0.556. The van der Waals surface area contributed by atoms with Gasteiger partial charge in [0.15, 0.2) is 0 Å². The van der Waals surface area contributed by atoms with Crippen LogP contribution in [0.25, 0.3) is 0 Å². The van der Waals surface area contributed by atoms with Gasteiger partial charge in [0.2, 0.25) is 0 Å². The van der Waals surface area contributed by atoms with Crippen LogP contribution in [0.1, 0.15) is 26.7 Å². The van der Waals surface area contributed by atoms with Crippen LogP contribution in [0, 0.1) is 0 Å². The van der Waals surface area contributed by atoms with Crippen molar-refractivity contribution in [2.75, 3.05) is 6.61 Å². The van der Waals surface area contributed by atoms with E-state index >= 15 is 0 Å². The van der Waals surface area contributed by atoms with Crippen molar-refractivity contribution in [1.29, 1.82) is 0 Å². The van der Waals surface area contributed by atoms with Crippen molar-refractivity contribution < 1.29 is 19.4 Å². The molecule has 0 saturated heterocycles. The summed E-state index contributed by atoms with van der Waals surface area (Å²) in [6, 6.07) is 0. The number of aliphatic carboxylic acids is 1. The van der Waals surface area contributed by atoms with Gasteiger partial charge in [-0.2, -0.15) is 0 Å². The van der Waals surface area contributed by atoms with E-state index in [0.717, 1.165) is 12.5 Å². The molecular weight excluding hydrogens is 172 g/mol. The average Bonchev–Trinajstić information content (AvgIpc) is 2.15. The first-order valence-electron chi connectivity index (χ1n) is 4.09. The molecule has 1 N–H and O–H groups in total. The Morgan fingerprint density at radius 1 is 1.46 bits per heavy atom. The van der Waals surface area contributed by atoms with Crippen molar-refractivity contribution in [3.8, 4) is 0 Å². The number of ether oxygens (including phenoxy) is 1. The lowest BCUT2D eigenvalue weighted by atomic mass is 10.5. The number of rotatable bonds is 4. The van der Waals surface area contributed by atoms with E-state index in [1.807, 2.05) is 6.92 Å². The Morgan fingerprint density at radius 2 is 1.92 bits per heavy atom. The number of carbonyl (C=O) groups is 2. The van der Waals surface area contributed by atoms with E-state index in [2.05, 4.69) is 11.3 Å². The van der Waals surface area contributed by atoms with Crippen molar-refractivity contribution in [1.82, 2.24) is 0 Å². The van der Waals surface area contributed by atoms with E-state index in [9.17, 15) is 9.59 Å². The maximum absolute atomic E-state index is 10.2. The minimum atomic E-state index is -0.745. The molecule has 0 amide bonds. The molecule has 0 aromatic carbocycles. The third-order valence-corrected chi connectivity index (χ3v) is 0.918. The largest absolute Gasteiger partial charge is 0.481 e. The van der Waals surface area contributed by atoms with Gasteiger partial charge in [-0.15, -0.1) is 0 Å². The van der Waals surface area contributed by atoms with Crippen molar-refractivity contribution in [3.05, 3.63) is 12.7 Å². The van der Waals surface area contributed by atoms with Gasteiger partial charge < -0.3 is 9.84 Å². The van der Waals surface area contributed by atoms with Crippen LogP contribution in [0.5, 0.6) is 0 Å². The Bertz CT molecular complexity index is 163. The Hall–Kier alpha value is -1.32. The number of hydrogen-bond donors (Lipinski definition) is 1. The highest BCUT2D eigenvalue weighted by Crippen LogP contribution is 1.81. The van der Waals surface area contributed by atoms with Gasteiger partial charge in [-0.3, -0.25) is 4.79 Å². The Balaban J connectivity index is 0. The first kappa shape index (κ1) is 14.2. The summed E-state index contributed by atoms with van der Waals surface area (Å²) >= 11 is 0. The van der Waals surface area contributed by atoms with Gasteiger partial charge >= 0.3 is 11.9 Å². The molecule has 0 heterocycles. The minimum absolute atomic E-state index is 0.222. The molecule has 0 aromatic rings. The van der Waals surface area contributed by atoms with Crippen molar-refractivity contribution in [2.24, 2.45) is 0 Å². The highest BCUT2D eigenvalue weighted by Gasteiger charge is 1.89. The van der Waals surface area contributed by atoms with Crippen LogP contribution in [0.2, 0.25) is 0 Å². The molecule has 0 unspecified atom stereocenters. The molecule has 13 heavy (non-hydrogen) atoms. The first-order valence-corrected chi connectivity index (χ1v) is 4.09. The Kier molecular flexibility index (Phi) is 11.7. The summed E-state index contributed by atoms with van der Waals surface area (Å²) in [5, 5.41) is 7.72. The number of hydrogen-bond acceptors (Lipinski definition) is 3. The highest BCUT2D eigenvalue weighted by molar-refractivity contribution is 5.81. The monoisotopic (exact) mass is 188 g/mol. The lowest BCUT2D eigenvalue weighted by Gasteiger charge is -1.94. The molecule has 0 aliphatic rings. The molecule has 0 bridgehead atoms. The van der Waals surface area contributed by atoms with Gasteiger partial charge in [0, 0.05) is 12.5 Å². The number of carboxylic acids is 1. The van der Waals surface area contributed by atoms with Gasteiger partial charge in [-0.05, 0) is 6.42 Å². The van der Waals surface area contributed by atoms with Gasteiger partial charge in [-0.1, -0.05) is 20.4 Å². The smallest absolute Gasteiger partial charge is 0.330 e. The lowest BCUT2D eigenvalue weighted by molar-refractivity contribution is -0.138. The quantitative estimate of drug-likeness (QED) is 0.537. The SMILES string of the molecule is C=CC(=O)OCCC.CCC(=O)O. The zero-order valence-electron chi connectivity index (χ0n) is 8.08. The number of esters is 1. The summed E-state index contributed by atoms with van der Waals surface area (Å²) in [5.41, 5.74) is 0. The zero-order valence-corrected chi connectivity index (χ0v) is 8.08. The summed E-state index contributed by atoms with van der Waals surface area (Å²) in [5.74, 6) is -1.09. The summed E-state index contributed by atoms with van der Waals surface area (Å²) in [6.07, 6.45) is 2.25. The average molecular weight is 188 g/mol. The molecule has 0 rings (SSSR count). The van der Waals surface area contributed by atoms with E-state index < -0.39 is 5.97 Å². The van der Waals surface area contributed by atoms with E-state index in [1.54, 1.807) is 6.92 Å². The molecule has 0 atom stereocenters. The second kappa shape index (κ2) is 10.7. The predicted molar refractivity (Wildman–Crippen MR) is 49.4 cm³/mol. The second-order valence-corrected chi connectivity index (χ2v) is 2.12. The molecule has 0 radical (unpaired) electrons. The summed E-state index contributed by atoms with van der Waals surface area (Å²) < 4.78 is 4.58. The Morgan fingerprint density at radius 3 is 2.15 bits per heavy atom. The van der Waals surface area contributed by atoms with Crippen LogP contribution in [0.3, 0.4) is 0 Å². The third kappa shape index (κ3) is 18.0. The van der Waals surface area contributed by atoms with Crippen molar-refractivity contribution in [2.45, 2.75) is 26.7 Å². The Labute approximate surface area is 78.2 Å². The first-order chi connectivity index (χ1) is 6.08. The molecule has 0 fully saturated rings. The third-order valence-electron chi connectivity index (χ3n) is 0.918. The molecule has 0 aliphatic carbocycles. The molecular formula is C9H16O4. The highest BCUT2D eigenvalue weighted by atomic mass is 16.5. The van der Waals surface area contributed by atoms with Crippen LogP contribution in [-0.2, 0) is 14.3 Å². The minimum Gasteiger partial charge on any atom is -0.481 e. The summed E-state index contributed by atoms with van der Waals surface area (Å²) in [7, 11) is 0. The fourth-order valence-electron chi connectivity index (χ4n) is 0.262. The normalized spacial score (nSPS) is 7.85. The van der Waals surface area contributed by atoms with Crippen molar-refractivity contribution in [3.63, 3.8) is 0 Å². The maximum atomic E-state index is 10.2. The molecule has 0 saturated carbocycles. The van der Waals surface area contributed by atoms with E-state index in [1.165, 1.54) is 0 Å². The van der Waals surface area contributed by atoms with Gasteiger partial charge in [0.05, 0.1) is 6.61 Å². The van der Waals surface area contributed by atoms with E-state index in [0.29, 0.717) is 6.61 Å². The standard InChI is InChI=1S/C6H10O2.C3H6O2/c1-3-5-8-6(7)4-2;1-2-3(4)5/h4H,2-3,5H2,1H3;2H2,1H3,(H,4,5). The fourth-order valence-corrected chi connectivity index (χ4v) is 0.262. The molecule has 0 spiro atoms. The van der Waals surface area contributed by atoms with Crippen LogP contribution >= 0.6 is 0 Å². The summed E-state index contributed by atoms with van der Waals surface area (Å²) in [4.78, 5) is 19.6. The van der Waals surface area contributed by atoms with Crippen LogP contribution in [0.15, 0.2) is 12.7 Å². The van der Waals surface area contributed by atoms with Gasteiger partial charge in [0.25, 0.3) is 0 Å². The van der Waals surface area contributed by atoms with Gasteiger partial charge in [-0.25, -0.2) is 4.79 Å². The van der Waals surface area contributed by atoms with Gasteiger partial charge in [0.1, 0.15) is 0 Å². The topological polar surface area (TPSA) is 63.6 Å².